The van der Waals surface area contributed by atoms with Crippen LogP contribution in [0.5, 0.6) is 0 Å². The predicted octanol–water partition coefficient (Wildman–Crippen LogP) is 2.76. The standard InChI is InChI=1S/C14H27N3O/c1-4-10-17-11-9-16-14(17)13(15-5-2)8-7-12-18-6-3/h9,11,13,15H,4-8,10,12H2,1-3H3. The molecule has 0 spiro atoms. The van der Waals surface area contributed by atoms with Crippen LogP contribution in [0.2, 0.25) is 0 Å². The highest BCUT2D eigenvalue weighted by Gasteiger charge is 2.15. The minimum Gasteiger partial charge on any atom is -0.382 e. The monoisotopic (exact) mass is 253 g/mol. The predicted molar refractivity (Wildman–Crippen MR) is 74.7 cm³/mol. The van der Waals surface area contributed by atoms with Crippen molar-refractivity contribution in [2.24, 2.45) is 0 Å². The minimum atomic E-state index is 0.344. The van der Waals surface area contributed by atoms with Gasteiger partial charge in [-0.3, -0.25) is 0 Å². The van der Waals surface area contributed by atoms with E-state index in [4.69, 9.17) is 4.74 Å². The number of hydrogen-bond donors (Lipinski definition) is 1. The van der Waals surface area contributed by atoms with Crippen molar-refractivity contribution in [1.82, 2.24) is 14.9 Å². The molecular weight excluding hydrogens is 226 g/mol. The Kier molecular flexibility index (Phi) is 7.69. The molecule has 104 valence electrons. The molecule has 1 atom stereocenters. The fourth-order valence-electron chi connectivity index (χ4n) is 2.16. The third-order valence-electron chi connectivity index (χ3n) is 2.96. The topological polar surface area (TPSA) is 39.1 Å². The van der Waals surface area contributed by atoms with Crippen LogP contribution in [0, 0.1) is 0 Å². The van der Waals surface area contributed by atoms with Crippen LogP contribution in [0.1, 0.15) is 51.9 Å². The molecule has 1 aromatic rings. The van der Waals surface area contributed by atoms with Crippen LogP contribution < -0.4 is 5.32 Å². The molecule has 0 aliphatic heterocycles. The first-order valence-corrected chi connectivity index (χ1v) is 7.15. The van der Waals surface area contributed by atoms with Crippen LogP contribution in [-0.4, -0.2) is 29.3 Å². The molecule has 0 saturated heterocycles. The quantitative estimate of drug-likeness (QED) is 0.652. The SMILES string of the molecule is CCCn1ccnc1C(CCCOCC)NCC. The van der Waals surface area contributed by atoms with Gasteiger partial charge in [-0.05, 0) is 32.7 Å². The van der Waals surface area contributed by atoms with Crippen molar-refractivity contribution in [2.45, 2.75) is 52.6 Å². The largest absolute Gasteiger partial charge is 0.382 e. The summed E-state index contributed by atoms with van der Waals surface area (Å²) in [6, 6.07) is 0.344. The molecule has 0 aliphatic carbocycles. The van der Waals surface area contributed by atoms with Crippen molar-refractivity contribution in [3.05, 3.63) is 18.2 Å². The van der Waals surface area contributed by atoms with E-state index in [0.29, 0.717) is 6.04 Å². The molecule has 0 amide bonds. The lowest BCUT2D eigenvalue weighted by molar-refractivity contribution is 0.140. The smallest absolute Gasteiger partial charge is 0.125 e. The number of hydrogen-bond acceptors (Lipinski definition) is 3. The molecule has 1 heterocycles. The van der Waals surface area contributed by atoms with Gasteiger partial charge in [0.15, 0.2) is 0 Å². The highest BCUT2D eigenvalue weighted by molar-refractivity contribution is 4.99. The van der Waals surface area contributed by atoms with Gasteiger partial charge >= 0.3 is 0 Å². The van der Waals surface area contributed by atoms with Crippen LogP contribution in [0.25, 0.3) is 0 Å². The van der Waals surface area contributed by atoms with Gasteiger partial charge in [-0.15, -0.1) is 0 Å². The maximum absolute atomic E-state index is 5.40. The van der Waals surface area contributed by atoms with Crippen molar-refractivity contribution >= 4 is 0 Å². The van der Waals surface area contributed by atoms with E-state index < -0.39 is 0 Å². The van der Waals surface area contributed by atoms with Gasteiger partial charge in [0.1, 0.15) is 5.82 Å². The normalized spacial score (nSPS) is 12.8. The van der Waals surface area contributed by atoms with E-state index in [-0.39, 0.29) is 0 Å². The van der Waals surface area contributed by atoms with Gasteiger partial charge in [0, 0.05) is 32.2 Å². The van der Waals surface area contributed by atoms with Crippen molar-refractivity contribution in [1.29, 1.82) is 0 Å². The molecule has 0 radical (unpaired) electrons. The Morgan fingerprint density at radius 1 is 1.39 bits per heavy atom. The summed E-state index contributed by atoms with van der Waals surface area (Å²) in [6.07, 6.45) is 7.27. The molecule has 1 aromatic heterocycles. The van der Waals surface area contributed by atoms with Gasteiger partial charge in [-0.25, -0.2) is 4.98 Å². The van der Waals surface area contributed by atoms with E-state index in [1.165, 1.54) is 0 Å². The van der Waals surface area contributed by atoms with E-state index in [2.05, 4.69) is 34.9 Å². The second-order valence-corrected chi connectivity index (χ2v) is 4.43. The molecule has 1 N–H and O–H groups in total. The van der Waals surface area contributed by atoms with E-state index in [9.17, 15) is 0 Å². The van der Waals surface area contributed by atoms with Crippen molar-refractivity contribution in [2.75, 3.05) is 19.8 Å². The van der Waals surface area contributed by atoms with Gasteiger partial charge in [-0.2, -0.15) is 0 Å². The molecule has 0 aliphatic rings. The average Bonchev–Trinajstić information content (AvgIpc) is 2.82. The second-order valence-electron chi connectivity index (χ2n) is 4.43. The summed E-state index contributed by atoms with van der Waals surface area (Å²) in [5, 5.41) is 3.52. The number of rotatable bonds is 10. The van der Waals surface area contributed by atoms with E-state index >= 15 is 0 Å². The first-order valence-electron chi connectivity index (χ1n) is 7.15. The summed E-state index contributed by atoms with van der Waals surface area (Å²) < 4.78 is 7.66. The highest BCUT2D eigenvalue weighted by Crippen LogP contribution is 2.17. The van der Waals surface area contributed by atoms with Crippen LogP contribution >= 0.6 is 0 Å². The zero-order valence-corrected chi connectivity index (χ0v) is 12.0. The second kappa shape index (κ2) is 9.11. The summed E-state index contributed by atoms with van der Waals surface area (Å²) in [7, 11) is 0. The zero-order chi connectivity index (χ0) is 13.2. The molecule has 4 heteroatoms. The number of aryl methyl sites for hydroxylation is 1. The summed E-state index contributed by atoms with van der Waals surface area (Å²) in [5.74, 6) is 1.16. The van der Waals surface area contributed by atoms with Crippen molar-refractivity contribution in [3.63, 3.8) is 0 Å². The number of nitrogens with one attached hydrogen (secondary N) is 1. The van der Waals surface area contributed by atoms with Gasteiger partial charge in [0.2, 0.25) is 0 Å². The summed E-state index contributed by atoms with van der Waals surface area (Å²) in [4.78, 5) is 4.51. The Morgan fingerprint density at radius 3 is 2.89 bits per heavy atom. The summed E-state index contributed by atoms with van der Waals surface area (Å²) in [6.45, 7) is 10.0. The molecule has 4 nitrogen and oxygen atoms in total. The van der Waals surface area contributed by atoms with Crippen LogP contribution in [0.3, 0.4) is 0 Å². The number of ether oxygens (including phenoxy) is 1. The molecule has 0 fully saturated rings. The summed E-state index contributed by atoms with van der Waals surface area (Å²) >= 11 is 0. The number of nitrogens with zero attached hydrogens (tertiary/aromatic N) is 2. The first-order chi connectivity index (χ1) is 8.83. The zero-order valence-electron chi connectivity index (χ0n) is 12.0. The van der Waals surface area contributed by atoms with Gasteiger partial charge in [0.25, 0.3) is 0 Å². The molecule has 0 aromatic carbocycles. The lowest BCUT2D eigenvalue weighted by Crippen LogP contribution is -2.24. The van der Waals surface area contributed by atoms with Gasteiger partial charge < -0.3 is 14.6 Å². The molecular formula is C14H27N3O. The van der Waals surface area contributed by atoms with E-state index in [1.807, 2.05) is 13.1 Å². The van der Waals surface area contributed by atoms with Crippen molar-refractivity contribution < 1.29 is 4.74 Å². The van der Waals surface area contributed by atoms with E-state index in [0.717, 1.165) is 51.4 Å². The third kappa shape index (κ3) is 4.78. The number of aromatic nitrogens is 2. The van der Waals surface area contributed by atoms with Gasteiger partial charge in [-0.1, -0.05) is 13.8 Å². The third-order valence-corrected chi connectivity index (χ3v) is 2.96. The first kappa shape index (κ1) is 15.2. The fourth-order valence-corrected chi connectivity index (χ4v) is 2.16. The lowest BCUT2D eigenvalue weighted by Gasteiger charge is -2.19. The Balaban J connectivity index is 2.56. The molecule has 0 bridgehead atoms. The minimum absolute atomic E-state index is 0.344. The van der Waals surface area contributed by atoms with Crippen LogP contribution in [0.4, 0.5) is 0 Å². The molecule has 0 saturated carbocycles. The van der Waals surface area contributed by atoms with Crippen LogP contribution in [-0.2, 0) is 11.3 Å². The highest BCUT2D eigenvalue weighted by atomic mass is 16.5. The summed E-state index contributed by atoms with van der Waals surface area (Å²) in [5.41, 5.74) is 0. The Hall–Kier alpha value is -0.870. The molecule has 1 unspecified atom stereocenters. The maximum atomic E-state index is 5.40. The van der Waals surface area contributed by atoms with E-state index in [1.54, 1.807) is 0 Å². The molecule has 18 heavy (non-hydrogen) atoms. The van der Waals surface area contributed by atoms with Crippen molar-refractivity contribution in [3.8, 4) is 0 Å². The molecule has 1 rings (SSSR count). The Bertz CT molecular complexity index is 312. The fraction of sp³-hybridized carbons (Fsp3) is 0.786. The lowest BCUT2D eigenvalue weighted by atomic mass is 10.1. The Morgan fingerprint density at radius 2 is 2.22 bits per heavy atom. The average molecular weight is 253 g/mol. The Labute approximate surface area is 111 Å². The van der Waals surface area contributed by atoms with Crippen LogP contribution in [0.15, 0.2) is 12.4 Å². The maximum Gasteiger partial charge on any atom is 0.125 e. The van der Waals surface area contributed by atoms with Gasteiger partial charge in [0.05, 0.1) is 6.04 Å². The number of imidazole rings is 1.